The third-order valence-electron chi connectivity index (χ3n) is 5.42. The molecule has 0 N–H and O–H groups in total. The molecule has 2 aromatic heterocycles. The molecule has 0 aliphatic heterocycles. The van der Waals surface area contributed by atoms with Gasteiger partial charge in [0.1, 0.15) is 5.76 Å². The van der Waals surface area contributed by atoms with E-state index in [-0.39, 0.29) is 5.91 Å². The van der Waals surface area contributed by atoms with Gasteiger partial charge in [-0.2, -0.15) is 0 Å². The van der Waals surface area contributed by atoms with Gasteiger partial charge in [-0.05, 0) is 66.4 Å². The first-order valence-corrected chi connectivity index (χ1v) is 11.3. The molecule has 3 aromatic carbocycles. The van der Waals surface area contributed by atoms with Gasteiger partial charge >= 0.3 is 0 Å². The van der Waals surface area contributed by atoms with Crippen LogP contribution in [0.2, 0.25) is 0 Å². The van der Waals surface area contributed by atoms with Crippen LogP contribution in [0.25, 0.3) is 21.3 Å². The van der Waals surface area contributed by atoms with E-state index in [4.69, 9.17) is 9.40 Å². The van der Waals surface area contributed by atoms with Crippen molar-refractivity contribution in [1.82, 2.24) is 4.98 Å². The molecule has 5 rings (SSSR count). The molecular weight excluding hydrogens is 416 g/mol. The number of benzene rings is 3. The van der Waals surface area contributed by atoms with Crippen LogP contribution in [0.15, 0.2) is 89.5 Å². The number of carbonyl (C=O) groups is 1. The zero-order valence-corrected chi connectivity index (χ0v) is 18.7. The third kappa shape index (κ3) is 3.95. The van der Waals surface area contributed by atoms with Crippen molar-refractivity contribution in [1.29, 1.82) is 0 Å². The van der Waals surface area contributed by atoms with Gasteiger partial charge in [-0.1, -0.05) is 59.9 Å². The predicted octanol–water partition coefficient (Wildman–Crippen LogP) is 7.02. The number of anilines is 1. The molecular formula is C27H22N2O2S. The minimum atomic E-state index is -0.102. The molecule has 4 nitrogen and oxygen atoms in total. The number of aromatic nitrogens is 1. The summed E-state index contributed by atoms with van der Waals surface area (Å²) in [6.45, 7) is 4.47. The van der Waals surface area contributed by atoms with Gasteiger partial charge < -0.3 is 4.42 Å². The summed E-state index contributed by atoms with van der Waals surface area (Å²) >= 11 is 1.54. The van der Waals surface area contributed by atoms with Gasteiger partial charge in [0.25, 0.3) is 5.91 Å². The van der Waals surface area contributed by atoms with E-state index in [9.17, 15) is 4.79 Å². The van der Waals surface area contributed by atoms with E-state index in [0.717, 1.165) is 26.9 Å². The second-order valence-electron chi connectivity index (χ2n) is 7.84. The van der Waals surface area contributed by atoms with Crippen LogP contribution < -0.4 is 4.90 Å². The highest BCUT2D eigenvalue weighted by atomic mass is 32.1. The molecule has 0 spiro atoms. The van der Waals surface area contributed by atoms with E-state index >= 15 is 0 Å². The number of aryl methyl sites for hydroxylation is 2. The summed E-state index contributed by atoms with van der Waals surface area (Å²) in [5.41, 5.74) is 6.05. The van der Waals surface area contributed by atoms with E-state index in [1.165, 1.54) is 16.9 Å². The highest BCUT2D eigenvalue weighted by Crippen LogP contribution is 2.34. The predicted molar refractivity (Wildman–Crippen MR) is 130 cm³/mol. The Morgan fingerprint density at radius 3 is 2.41 bits per heavy atom. The molecule has 0 saturated carbocycles. The Kier molecular flexibility index (Phi) is 5.33. The summed E-state index contributed by atoms with van der Waals surface area (Å²) in [6.07, 6.45) is 1.62. The summed E-state index contributed by atoms with van der Waals surface area (Å²) in [6, 6.07) is 25.8. The molecule has 0 saturated heterocycles. The van der Waals surface area contributed by atoms with Crippen LogP contribution in [0.5, 0.6) is 0 Å². The van der Waals surface area contributed by atoms with Crippen LogP contribution in [0.4, 0.5) is 5.13 Å². The van der Waals surface area contributed by atoms with Gasteiger partial charge in [0.15, 0.2) is 5.13 Å². The van der Waals surface area contributed by atoms with Gasteiger partial charge in [0.05, 0.1) is 23.0 Å². The van der Waals surface area contributed by atoms with E-state index in [1.807, 2.05) is 54.6 Å². The maximum absolute atomic E-state index is 13.6. The number of rotatable bonds is 5. The smallest absolute Gasteiger partial charge is 0.260 e. The fourth-order valence-corrected chi connectivity index (χ4v) is 4.87. The Morgan fingerprint density at radius 2 is 1.69 bits per heavy atom. The van der Waals surface area contributed by atoms with Crippen molar-refractivity contribution in [3.8, 4) is 11.1 Å². The van der Waals surface area contributed by atoms with Crippen molar-refractivity contribution >= 4 is 32.6 Å². The first-order chi connectivity index (χ1) is 15.6. The Hall–Kier alpha value is -3.70. The van der Waals surface area contributed by atoms with E-state index in [0.29, 0.717) is 23.0 Å². The molecule has 0 fully saturated rings. The van der Waals surface area contributed by atoms with E-state index in [2.05, 4.69) is 38.1 Å². The Labute approximate surface area is 190 Å². The molecule has 0 unspecified atom stereocenters. The number of thiazole rings is 1. The number of carbonyl (C=O) groups excluding carboxylic acids is 1. The third-order valence-corrected chi connectivity index (χ3v) is 6.65. The lowest BCUT2D eigenvalue weighted by atomic mass is 10.0. The highest BCUT2D eigenvalue weighted by Gasteiger charge is 2.23. The normalized spacial score (nSPS) is 11.1. The maximum atomic E-state index is 13.6. The van der Waals surface area contributed by atoms with Gasteiger partial charge in [-0.3, -0.25) is 9.69 Å². The molecule has 0 atom stereocenters. The number of nitrogens with zero attached hydrogens (tertiary/aromatic N) is 2. The van der Waals surface area contributed by atoms with Crippen LogP contribution in [0, 0.1) is 13.8 Å². The van der Waals surface area contributed by atoms with Gasteiger partial charge in [0, 0.05) is 5.56 Å². The van der Waals surface area contributed by atoms with Crippen molar-refractivity contribution in [2.75, 3.05) is 4.90 Å². The van der Waals surface area contributed by atoms with E-state index in [1.54, 1.807) is 11.2 Å². The quantitative estimate of drug-likeness (QED) is 0.296. The summed E-state index contributed by atoms with van der Waals surface area (Å²) in [5.74, 6) is 0.612. The number of hydrogen-bond acceptors (Lipinski definition) is 4. The molecule has 0 aliphatic carbocycles. The number of fused-ring (bicyclic) bond motifs is 1. The van der Waals surface area contributed by atoms with Crippen molar-refractivity contribution in [2.45, 2.75) is 20.4 Å². The van der Waals surface area contributed by atoms with Crippen LogP contribution in [0.1, 0.15) is 27.2 Å². The van der Waals surface area contributed by atoms with Crippen LogP contribution in [-0.2, 0) is 6.54 Å². The van der Waals surface area contributed by atoms with Gasteiger partial charge in [-0.25, -0.2) is 4.98 Å². The molecule has 32 heavy (non-hydrogen) atoms. The lowest BCUT2D eigenvalue weighted by Gasteiger charge is -2.19. The molecule has 5 aromatic rings. The standard InChI is InChI=1S/C27H22N2O2S/c1-18-15-19(2)25-24(16-18)28-27(32-25)29(17-23-9-6-14-31-23)26(30)22-12-10-21(11-13-22)20-7-4-3-5-8-20/h3-16H,17H2,1-2H3. The number of furan rings is 1. The zero-order valence-electron chi connectivity index (χ0n) is 17.9. The maximum Gasteiger partial charge on any atom is 0.260 e. The molecule has 0 aliphatic rings. The lowest BCUT2D eigenvalue weighted by molar-refractivity contribution is 0.0983. The SMILES string of the molecule is Cc1cc(C)c2sc(N(Cc3ccco3)C(=O)c3ccc(-c4ccccc4)cc3)nc2c1. The van der Waals surface area contributed by atoms with Crippen LogP contribution in [-0.4, -0.2) is 10.9 Å². The van der Waals surface area contributed by atoms with Crippen LogP contribution >= 0.6 is 11.3 Å². The minimum Gasteiger partial charge on any atom is -0.467 e. The second-order valence-corrected chi connectivity index (χ2v) is 8.82. The fourth-order valence-electron chi connectivity index (χ4n) is 3.86. The number of amides is 1. The number of hydrogen-bond donors (Lipinski definition) is 0. The fraction of sp³-hybridized carbons (Fsp3) is 0.111. The molecule has 158 valence electrons. The summed E-state index contributed by atoms with van der Waals surface area (Å²) < 4.78 is 6.65. The van der Waals surface area contributed by atoms with E-state index < -0.39 is 0 Å². The molecule has 5 heteroatoms. The largest absolute Gasteiger partial charge is 0.467 e. The molecule has 0 bridgehead atoms. The van der Waals surface area contributed by atoms with Crippen LogP contribution in [0.3, 0.4) is 0 Å². The average Bonchev–Trinajstić information content (AvgIpc) is 3.48. The Balaban J connectivity index is 1.52. The van der Waals surface area contributed by atoms with Gasteiger partial charge in [0.2, 0.25) is 0 Å². The minimum absolute atomic E-state index is 0.102. The van der Waals surface area contributed by atoms with Crippen molar-refractivity contribution in [2.24, 2.45) is 0 Å². The monoisotopic (exact) mass is 438 g/mol. The average molecular weight is 439 g/mol. The molecule has 0 radical (unpaired) electrons. The van der Waals surface area contributed by atoms with Gasteiger partial charge in [-0.15, -0.1) is 0 Å². The Morgan fingerprint density at radius 1 is 0.938 bits per heavy atom. The van der Waals surface area contributed by atoms with Crippen molar-refractivity contribution in [3.63, 3.8) is 0 Å². The highest BCUT2D eigenvalue weighted by molar-refractivity contribution is 7.22. The first-order valence-electron chi connectivity index (χ1n) is 10.5. The van der Waals surface area contributed by atoms with Crippen molar-refractivity contribution < 1.29 is 9.21 Å². The molecule has 1 amide bonds. The summed E-state index contributed by atoms with van der Waals surface area (Å²) in [4.78, 5) is 20.1. The summed E-state index contributed by atoms with van der Waals surface area (Å²) in [5, 5.41) is 0.669. The molecule has 2 heterocycles. The lowest BCUT2D eigenvalue weighted by Crippen LogP contribution is -2.30. The van der Waals surface area contributed by atoms with Crippen molar-refractivity contribution in [3.05, 3.63) is 108 Å². The Bertz CT molecular complexity index is 1370. The summed E-state index contributed by atoms with van der Waals surface area (Å²) in [7, 11) is 0. The zero-order chi connectivity index (χ0) is 22.1. The topological polar surface area (TPSA) is 46.3 Å². The first kappa shape index (κ1) is 20.2. The second kappa shape index (κ2) is 8.44.